The number of H-pyrrole nitrogens is 1. The maximum Gasteiger partial charge on any atom is 0.258 e. The minimum atomic E-state index is -3.40. The van der Waals surface area contributed by atoms with E-state index >= 15 is 0 Å². The largest absolute Gasteiger partial charge is 0.494 e. The van der Waals surface area contributed by atoms with E-state index in [1.807, 2.05) is 0 Å². The molecule has 0 unspecified atom stereocenters. The van der Waals surface area contributed by atoms with Gasteiger partial charge < -0.3 is 5.11 Å². The second-order valence-corrected chi connectivity index (χ2v) is 7.51. The number of nitrogens with one attached hydrogen (secondary N) is 2. The number of aromatic nitrogens is 1. The summed E-state index contributed by atoms with van der Waals surface area (Å²) in [4.78, 5) is 18.6. The topological polar surface area (TPSA) is 112 Å². The number of pyridine rings is 1. The van der Waals surface area contributed by atoms with Gasteiger partial charge in [0.05, 0.1) is 24.1 Å². The molecule has 3 aromatic rings. The van der Waals surface area contributed by atoms with Crippen LogP contribution in [0.5, 0.6) is 5.88 Å². The number of anilines is 1. The average Bonchev–Trinajstić information content (AvgIpc) is 2.58. The summed E-state index contributed by atoms with van der Waals surface area (Å²) in [5.74, 6) is -0.264. The van der Waals surface area contributed by atoms with E-state index in [4.69, 9.17) is 0 Å². The number of para-hydroxylation sites is 1. The van der Waals surface area contributed by atoms with Crippen molar-refractivity contribution in [2.75, 3.05) is 11.0 Å². The Morgan fingerprint density at radius 2 is 1.77 bits per heavy atom. The van der Waals surface area contributed by atoms with Crippen LogP contribution in [0.25, 0.3) is 10.8 Å². The molecular weight excluding hydrogens is 354 g/mol. The molecule has 0 amide bonds. The number of hydrogen-bond acceptors (Lipinski definition) is 5. The fraction of sp³-hybridized carbons (Fsp3) is 0.111. The van der Waals surface area contributed by atoms with Gasteiger partial charge in [0.2, 0.25) is 15.9 Å². The van der Waals surface area contributed by atoms with Crippen molar-refractivity contribution in [2.45, 2.75) is 6.54 Å². The Morgan fingerprint density at radius 3 is 2.50 bits per heavy atom. The van der Waals surface area contributed by atoms with E-state index in [9.17, 15) is 18.3 Å². The fourth-order valence-electron chi connectivity index (χ4n) is 2.61. The number of sulfonamides is 1. The number of aliphatic imine (C=N–C) groups is 1. The molecule has 0 spiro atoms. The van der Waals surface area contributed by atoms with Crippen LogP contribution < -0.4 is 10.3 Å². The molecule has 3 rings (SSSR count). The predicted molar refractivity (Wildman–Crippen MR) is 102 cm³/mol. The second-order valence-electron chi connectivity index (χ2n) is 5.76. The zero-order chi connectivity index (χ0) is 18.7. The molecule has 134 valence electrons. The molecule has 0 fully saturated rings. The van der Waals surface area contributed by atoms with Gasteiger partial charge in [0.15, 0.2) is 0 Å². The molecule has 0 saturated carbocycles. The van der Waals surface area contributed by atoms with E-state index in [-0.39, 0.29) is 18.0 Å². The Kier molecular flexibility index (Phi) is 4.77. The van der Waals surface area contributed by atoms with E-state index in [1.165, 1.54) is 6.21 Å². The maximum absolute atomic E-state index is 11.9. The molecule has 0 bridgehead atoms. The smallest absolute Gasteiger partial charge is 0.258 e. The normalized spacial score (nSPS) is 11.9. The highest BCUT2D eigenvalue weighted by molar-refractivity contribution is 7.92. The molecule has 2 aromatic carbocycles. The maximum atomic E-state index is 11.9. The predicted octanol–water partition coefficient (Wildman–Crippen LogP) is 2.22. The minimum Gasteiger partial charge on any atom is -0.494 e. The zero-order valence-corrected chi connectivity index (χ0v) is 14.7. The first kappa shape index (κ1) is 17.7. The zero-order valence-electron chi connectivity index (χ0n) is 13.9. The average molecular weight is 371 g/mol. The van der Waals surface area contributed by atoms with Gasteiger partial charge in [-0.25, -0.2) is 8.42 Å². The van der Waals surface area contributed by atoms with Crippen molar-refractivity contribution in [2.24, 2.45) is 4.99 Å². The van der Waals surface area contributed by atoms with E-state index in [0.717, 1.165) is 6.26 Å². The molecule has 0 atom stereocenters. The molecule has 8 heteroatoms. The Bertz CT molecular complexity index is 1150. The Labute approximate surface area is 150 Å². The third kappa shape index (κ3) is 3.92. The highest BCUT2D eigenvalue weighted by Gasteiger charge is 2.09. The van der Waals surface area contributed by atoms with Crippen LogP contribution in [0.1, 0.15) is 11.1 Å². The van der Waals surface area contributed by atoms with Gasteiger partial charge in [-0.1, -0.05) is 36.4 Å². The van der Waals surface area contributed by atoms with E-state index in [2.05, 4.69) is 14.7 Å². The van der Waals surface area contributed by atoms with Gasteiger partial charge in [-0.2, -0.15) is 0 Å². The van der Waals surface area contributed by atoms with Crippen LogP contribution in [0.3, 0.4) is 0 Å². The minimum absolute atomic E-state index is 0.200. The second kappa shape index (κ2) is 7.01. The monoisotopic (exact) mass is 371 g/mol. The molecule has 26 heavy (non-hydrogen) atoms. The van der Waals surface area contributed by atoms with Gasteiger partial charge in [-0.3, -0.25) is 19.5 Å². The molecule has 0 aliphatic heterocycles. The summed E-state index contributed by atoms with van der Waals surface area (Å²) in [6.07, 6.45) is 2.54. The van der Waals surface area contributed by atoms with E-state index in [1.54, 1.807) is 48.5 Å². The standard InChI is InChI=1S/C18H17N3O4S/c1-26(24,25)21-16-9-5-2-6-12(16)10-19-11-15-13-7-3-4-8-14(13)17(22)20-18(15)23/h2-9,11,21H,10H2,1H3,(H2,20,22,23). The molecule has 0 aliphatic rings. The quantitative estimate of drug-likeness (QED) is 0.597. The van der Waals surface area contributed by atoms with Crippen LogP contribution in [0.15, 0.2) is 58.3 Å². The lowest BCUT2D eigenvalue weighted by Crippen LogP contribution is -2.11. The summed E-state index contributed by atoms with van der Waals surface area (Å²) >= 11 is 0. The van der Waals surface area contributed by atoms with Crippen LogP contribution in [0, 0.1) is 0 Å². The molecule has 1 heterocycles. The number of fused-ring (bicyclic) bond motifs is 1. The summed E-state index contributed by atoms with van der Waals surface area (Å²) in [6.45, 7) is 0.200. The van der Waals surface area contributed by atoms with Gasteiger partial charge in [0.1, 0.15) is 0 Å². The number of benzene rings is 2. The SMILES string of the molecule is CS(=O)(=O)Nc1ccccc1CN=Cc1c(O)[nH]c(=O)c2ccccc12. The van der Waals surface area contributed by atoms with Crippen molar-refractivity contribution in [1.29, 1.82) is 0 Å². The molecule has 7 nitrogen and oxygen atoms in total. The highest BCUT2D eigenvalue weighted by atomic mass is 32.2. The van der Waals surface area contributed by atoms with Crippen molar-refractivity contribution in [3.8, 4) is 5.88 Å². The van der Waals surface area contributed by atoms with Gasteiger partial charge in [-0.05, 0) is 17.7 Å². The van der Waals surface area contributed by atoms with Gasteiger partial charge >= 0.3 is 0 Å². The summed E-state index contributed by atoms with van der Waals surface area (Å²) < 4.78 is 25.4. The van der Waals surface area contributed by atoms with Gasteiger partial charge in [0.25, 0.3) is 5.56 Å². The van der Waals surface area contributed by atoms with Crippen LogP contribution in [0.2, 0.25) is 0 Å². The van der Waals surface area contributed by atoms with Crippen LogP contribution in [0.4, 0.5) is 5.69 Å². The third-order valence-electron chi connectivity index (χ3n) is 3.74. The first-order valence-corrected chi connectivity index (χ1v) is 9.64. The summed E-state index contributed by atoms with van der Waals surface area (Å²) in [7, 11) is -3.40. The number of aromatic hydroxyl groups is 1. The van der Waals surface area contributed by atoms with Crippen molar-refractivity contribution in [1.82, 2.24) is 4.98 Å². The van der Waals surface area contributed by atoms with Gasteiger partial charge in [-0.15, -0.1) is 0 Å². The molecule has 0 saturated heterocycles. The molecule has 3 N–H and O–H groups in total. The lowest BCUT2D eigenvalue weighted by Gasteiger charge is -2.09. The first-order chi connectivity index (χ1) is 12.3. The lowest BCUT2D eigenvalue weighted by atomic mass is 10.1. The number of aromatic amines is 1. The Balaban J connectivity index is 1.94. The third-order valence-corrected chi connectivity index (χ3v) is 4.33. The van der Waals surface area contributed by atoms with E-state index < -0.39 is 10.0 Å². The van der Waals surface area contributed by atoms with Crippen molar-refractivity contribution >= 4 is 32.7 Å². The van der Waals surface area contributed by atoms with Crippen LogP contribution >= 0.6 is 0 Å². The molecular formula is C18H17N3O4S. The molecule has 0 aliphatic carbocycles. The first-order valence-electron chi connectivity index (χ1n) is 7.74. The van der Waals surface area contributed by atoms with E-state index in [0.29, 0.717) is 27.6 Å². The van der Waals surface area contributed by atoms with Crippen LogP contribution in [-0.4, -0.2) is 31.0 Å². The Morgan fingerprint density at radius 1 is 1.12 bits per heavy atom. The molecule has 0 radical (unpaired) electrons. The number of nitrogens with zero attached hydrogens (tertiary/aromatic N) is 1. The summed E-state index contributed by atoms with van der Waals surface area (Å²) in [5, 5.41) is 11.1. The van der Waals surface area contributed by atoms with Crippen molar-refractivity contribution < 1.29 is 13.5 Å². The number of hydrogen-bond donors (Lipinski definition) is 3. The van der Waals surface area contributed by atoms with Crippen molar-refractivity contribution in [3.63, 3.8) is 0 Å². The highest BCUT2D eigenvalue weighted by Crippen LogP contribution is 2.21. The Hall–Kier alpha value is -3.13. The van der Waals surface area contributed by atoms with Crippen molar-refractivity contribution in [3.05, 3.63) is 70.0 Å². The fourth-order valence-corrected chi connectivity index (χ4v) is 3.21. The number of rotatable bonds is 5. The summed E-state index contributed by atoms with van der Waals surface area (Å²) in [5.41, 5.74) is 1.15. The van der Waals surface area contributed by atoms with Crippen LogP contribution in [-0.2, 0) is 16.6 Å². The molecule has 1 aromatic heterocycles. The lowest BCUT2D eigenvalue weighted by molar-refractivity contribution is 0.452. The van der Waals surface area contributed by atoms with Gasteiger partial charge in [0, 0.05) is 17.0 Å². The summed E-state index contributed by atoms with van der Waals surface area (Å²) in [6, 6.07) is 13.8.